The van der Waals surface area contributed by atoms with E-state index in [9.17, 15) is 4.79 Å². The highest BCUT2D eigenvalue weighted by Crippen LogP contribution is 2.18. The SMILES string of the molecule is Cc1noc(C)c1COc1ccc(C(=O)NCc2cccc(OCCN(C)C)c2)cc1. The number of aryl methyl sites for hydroxylation is 2. The number of hydrogen-bond donors (Lipinski definition) is 1. The fourth-order valence-electron chi connectivity index (χ4n) is 2.94. The summed E-state index contributed by atoms with van der Waals surface area (Å²) >= 11 is 0. The van der Waals surface area contributed by atoms with E-state index in [4.69, 9.17) is 14.0 Å². The fourth-order valence-corrected chi connectivity index (χ4v) is 2.94. The van der Waals surface area contributed by atoms with E-state index in [1.807, 2.05) is 52.2 Å². The second-order valence-corrected chi connectivity index (χ2v) is 7.60. The zero-order valence-electron chi connectivity index (χ0n) is 18.5. The van der Waals surface area contributed by atoms with Crippen LogP contribution < -0.4 is 14.8 Å². The van der Waals surface area contributed by atoms with Crippen LogP contribution in [0.4, 0.5) is 0 Å². The van der Waals surface area contributed by atoms with Gasteiger partial charge in [0, 0.05) is 18.7 Å². The van der Waals surface area contributed by atoms with Crippen molar-refractivity contribution in [3.63, 3.8) is 0 Å². The molecular formula is C24H29N3O4. The highest BCUT2D eigenvalue weighted by atomic mass is 16.5. The number of aromatic nitrogens is 1. The summed E-state index contributed by atoms with van der Waals surface area (Å²) in [7, 11) is 4.01. The van der Waals surface area contributed by atoms with Crippen LogP contribution in [0.15, 0.2) is 53.1 Å². The molecular weight excluding hydrogens is 394 g/mol. The molecule has 7 heteroatoms. The van der Waals surface area contributed by atoms with Gasteiger partial charge in [-0.1, -0.05) is 17.3 Å². The molecule has 1 amide bonds. The summed E-state index contributed by atoms with van der Waals surface area (Å²) < 4.78 is 16.7. The number of nitrogens with one attached hydrogen (secondary N) is 1. The van der Waals surface area contributed by atoms with Gasteiger partial charge < -0.3 is 24.2 Å². The minimum atomic E-state index is -0.142. The summed E-state index contributed by atoms with van der Waals surface area (Å²) in [5.74, 6) is 2.09. The summed E-state index contributed by atoms with van der Waals surface area (Å²) in [4.78, 5) is 14.6. The number of carbonyl (C=O) groups is 1. The van der Waals surface area contributed by atoms with Crippen molar-refractivity contribution < 1.29 is 18.8 Å². The summed E-state index contributed by atoms with van der Waals surface area (Å²) in [5, 5.41) is 6.86. The van der Waals surface area contributed by atoms with Gasteiger partial charge in [0.25, 0.3) is 5.91 Å². The number of rotatable bonds is 10. The molecule has 1 heterocycles. The van der Waals surface area contributed by atoms with Crippen LogP contribution >= 0.6 is 0 Å². The van der Waals surface area contributed by atoms with Crippen molar-refractivity contribution in [1.29, 1.82) is 0 Å². The monoisotopic (exact) mass is 423 g/mol. The molecule has 1 N–H and O–H groups in total. The predicted molar refractivity (Wildman–Crippen MR) is 118 cm³/mol. The van der Waals surface area contributed by atoms with E-state index in [0.29, 0.717) is 31.1 Å². The average Bonchev–Trinajstić information content (AvgIpc) is 3.08. The minimum Gasteiger partial charge on any atom is -0.492 e. The van der Waals surface area contributed by atoms with E-state index < -0.39 is 0 Å². The van der Waals surface area contributed by atoms with E-state index in [-0.39, 0.29) is 5.91 Å². The van der Waals surface area contributed by atoms with Crippen molar-refractivity contribution in [2.24, 2.45) is 0 Å². The van der Waals surface area contributed by atoms with Crippen LogP contribution in [0.1, 0.15) is 32.9 Å². The molecule has 31 heavy (non-hydrogen) atoms. The molecule has 0 aliphatic carbocycles. The first-order valence-electron chi connectivity index (χ1n) is 10.2. The maximum Gasteiger partial charge on any atom is 0.251 e. The quantitative estimate of drug-likeness (QED) is 0.535. The Morgan fingerprint density at radius 2 is 1.84 bits per heavy atom. The van der Waals surface area contributed by atoms with E-state index in [2.05, 4.69) is 15.4 Å². The first-order valence-corrected chi connectivity index (χ1v) is 10.2. The normalized spacial score (nSPS) is 10.9. The first kappa shape index (κ1) is 22.4. The van der Waals surface area contributed by atoms with Gasteiger partial charge in [0.2, 0.25) is 0 Å². The standard InChI is InChI=1S/C24H29N3O4/c1-17-23(18(2)31-26-17)16-30-21-10-8-20(9-11-21)24(28)25-15-19-6-5-7-22(14-19)29-13-12-27(3)4/h5-11,14H,12-13,15-16H2,1-4H3,(H,25,28). The number of carbonyl (C=O) groups excluding carboxylic acids is 1. The Morgan fingerprint density at radius 1 is 1.06 bits per heavy atom. The molecule has 0 fully saturated rings. The van der Waals surface area contributed by atoms with Gasteiger partial charge in [-0.3, -0.25) is 4.79 Å². The van der Waals surface area contributed by atoms with Gasteiger partial charge in [0.15, 0.2) is 0 Å². The van der Waals surface area contributed by atoms with E-state index >= 15 is 0 Å². The van der Waals surface area contributed by atoms with Crippen LogP contribution in [0.5, 0.6) is 11.5 Å². The molecule has 0 aliphatic rings. The Hall–Kier alpha value is -3.32. The van der Waals surface area contributed by atoms with Crippen molar-refractivity contribution in [2.75, 3.05) is 27.2 Å². The minimum absolute atomic E-state index is 0.142. The number of nitrogens with zero attached hydrogens (tertiary/aromatic N) is 2. The smallest absolute Gasteiger partial charge is 0.251 e. The zero-order chi connectivity index (χ0) is 22.2. The number of hydrogen-bond acceptors (Lipinski definition) is 6. The molecule has 3 rings (SSSR count). The summed E-state index contributed by atoms with van der Waals surface area (Å²) in [5.41, 5.74) is 3.31. The highest BCUT2D eigenvalue weighted by molar-refractivity contribution is 5.94. The van der Waals surface area contributed by atoms with Crippen molar-refractivity contribution >= 4 is 5.91 Å². The Morgan fingerprint density at radius 3 is 2.52 bits per heavy atom. The second-order valence-electron chi connectivity index (χ2n) is 7.60. The summed E-state index contributed by atoms with van der Waals surface area (Å²) in [6.45, 7) is 6.01. The Balaban J connectivity index is 1.49. The molecule has 2 aromatic carbocycles. The first-order chi connectivity index (χ1) is 14.9. The van der Waals surface area contributed by atoms with Crippen LogP contribution in [0, 0.1) is 13.8 Å². The number of likely N-dealkylation sites (N-methyl/N-ethyl adjacent to an activating group) is 1. The zero-order valence-corrected chi connectivity index (χ0v) is 18.5. The van der Waals surface area contributed by atoms with Gasteiger partial charge in [-0.05, 0) is 69.9 Å². The molecule has 0 radical (unpaired) electrons. The van der Waals surface area contributed by atoms with Gasteiger partial charge in [0.1, 0.15) is 30.5 Å². The Bertz CT molecular complexity index is 977. The third kappa shape index (κ3) is 6.58. The molecule has 0 bridgehead atoms. The average molecular weight is 424 g/mol. The molecule has 0 saturated heterocycles. The topological polar surface area (TPSA) is 76.8 Å². The van der Waals surface area contributed by atoms with Crippen LogP contribution in [0.2, 0.25) is 0 Å². The molecule has 0 saturated carbocycles. The van der Waals surface area contributed by atoms with Gasteiger partial charge in [-0.25, -0.2) is 0 Å². The lowest BCUT2D eigenvalue weighted by Gasteiger charge is -2.12. The molecule has 0 spiro atoms. The molecule has 1 aromatic heterocycles. The van der Waals surface area contributed by atoms with E-state index in [1.165, 1.54) is 0 Å². The van der Waals surface area contributed by atoms with Crippen LogP contribution in [0.3, 0.4) is 0 Å². The Labute approximate surface area is 182 Å². The van der Waals surface area contributed by atoms with Gasteiger partial charge in [-0.2, -0.15) is 0 Å². The van der Waals surface area contributed by atoms with E-state index in [1.54, 1.807) is 24.3 Å². The van der Waals surface area contributed by atoms with Crippen molar-refractivity contribution in [1.82, 2.24) is 15.4 Å². The predicted octanol–water partition coefficient (Wildman–Crippen LogP) is 3.74. The van der Waals surface area contributed by atoms with Crippen molar-refractivity contribution in [3.05, 3.63) is 76.7 Å². The van der Waals surface area contributed by atoms with Gasteiger partial charge in [-0.15, -0.1) is 0 Å². The van der Waals surface area contributed by atoms with Gasteiger partial charge in [0.05, 0.1) is 11.3 Å². The molecule has 0 aliphatic heterocycles. The number of ether oxygens (including phenoxy) is 2. The molecule has 7 nitrogen and oxygen atoms in total. The van der Waals surface area contributed by atoms with Crippen molar-refractivity contribution in [2.45, 2.75) is 27.0 Å². The largest absolute Gasteiger partial charge is 0.492 e. The van der Waals surface area contributed by atoms with Crippen LogP contribution in [-0.2, 0) is 13.2 Å². The molecule has 164 valence electrons. The maximum absolute atomic E-state index is 12.5. The lowest BCUT2D eigenvalue weighted by Crippen LogP contribution is -2.22. The highest BCUT2D eigenvalue weighted by Gasteiger charge is 2.10. The third-order valence-corrected chi connectivity index (χ3v) is 4.84. The van der Waals surface area contributed by atoms with Crippen LogP contribution in [-0.4, -0.2) is 43.2 Å². The lowest BCUT2D eigenvalue weighted by atomic mass is 10.1. The maximum atomic E-state index is 12.5. The molecule has 0 unspecified atom stereocenters. The molecule has 0 atom stereocenters. The summed E-state index contributed by atoms with van der Waals surface area (Å²) in [6, 6.07) is 14.8. The number of benzene rings is 2. The second kappa shape index (κ2) is 10.6. The van der Waals surface area contributed by atoms with Gasteiger partial charge >= 0.3 is 0 Å². The van der Waals surface area contributed by atoms with Crippen molar-refractivity contribution in [3.8, 4) is 11.5 Å². The Kier molecular flexibility index (Phi) is 7.67. The third-order valence-electron chi connectivity index (χ3n) is 4.84. The molecule has 3 aromatic rings. The lowest BCUT2D eigenvalue weighted by molar-refractivity contribution is 0.0951. The van der Waals surface area contributed by atoms with Crippen LogP contribution in [0.25, 0.3) is 0 Å². The fraction of sp³-hybridized carbons (Fsp3) is 0.333. The summed E-state index contributed by atoms with van der Waals surface area (Å²) in [6.07, 6.45) is 0. The number of amides is 1. The van der Waals surface area contributed by atoms with E-state index in [0.717, 1.165) is 34.9 Å².